The Morgan fingerprint density at radius 2 is 1.94 bits per heavy atom. The van der Waals surface area contributed by atoms with Crippen molar-refractivity contribution in [1.82, 2.24) is 14.8 Å². The lowest BCUT2D eigenvalue weighted by molar-refractivity contribution is -0.143. The lowest BCUT2D eigenvalue weighted by atomic mass is 9.93. The van der Waals surface area contributed by atoms with Gasteiger partial charge in [-0.25, -0.2) is 18.6 Å². The topological polar surface area (TPSA) is 91.8 Å². The lowest BCUT2D eigenvalue weighted by Crippen LogP contribution is -2.58. The molecule has 0 bridgehead atoms. The monoisotopic (exact) mass is 536 g/mol. The van der Waals surface area contributed by atoms with Gasteiger partial charge in [-0.05, 0) is 23.7 Å². The van der Waals surface area contributed by atoms with Gasteiger partial charge in [-0.3, -0.25) is 19.4 Å². The number of nitrogens with one attached hydrogen (secondary N) is 1. The second-order valence-electron chi connectivity index (χ2n) is 7.62. The molecular weight excluding hydrogens is 523 g/mol. The number of anilines is 1. The second kappa shape index (κ2) is 8.75. The number of amides is 4. The third-order valence-corrected chi connectivity index (χ3v) is 6.55. The standard InChI is InChI=1S/C20H14ClF5N4O4S/c1-29-16(32)12-8(15(21)34-17(12)30(2)19(29)33)5-11(31)28-18-27-10(6-35-18)7-3-4-9(22)13(14(7)23)20(24,25)26/h3-4,6,12,17H,5H2,1-2H3,(H,27,28,31). The number of nitrogens with zero attached hydrogens (tertiary/aromatic N) is 3. The summed E-state index contributed by atoms with van der Waals surface area (Å²) in [5, 5.41) is 3.28. The van der Waals surface area contributed by atoms with E-state index in [-0.39, 0.29) is 21.6 Å². The number of hydrogen-bond donors (Lipinski definition) is 1. The zero-order chi connectivity index (χ0) is 25.8. The van der Waals surface area contributed by atoms with Crippen LogP contribution in [0.2, 0.25) is 0 Å². The summed E-state index contributed by atoms with van der Waals surface area (Å²) in [4.78, 5) is 43.2. The summed E-state index contributed by atoms with van der Waals surface area (Å²) in [6.45, 7) is 0. The Labute approximate surface area is 202 Å². The molecule has 15 heteroatoms. The van der Waals surface area contributed by atoms with Gasteiger partial charge in [-0.15, -0.1) is 11.3 Å². The molecule has 4 rings (SSSR count). The van der Waals surface area contributed by atoms with Gasteiger partial charge in [0, 0.05) is 30.6 Å². The molecule has 1 fully saturated rings. The summed E-state index contributed by atoms with van der Waals surface area (Å²) >= 11 is 6.87. The van der Waals surface area contributed by atoms with E-state index in [1.165, 1.54) is 24.4 Å². The minimum atomic E-state index is -5.26. The van der Waals surface area contributed by atoms with Crippen LogP contribution >= 0.6 is 22.9 Å². The van der Waals surface area contributed by atoms with Crippen LogP contribution in [-0.2, 0) is 20.5 Å². The number of rotatable bonds is 4. The molecule has 0 saturated carbocycles. The fraction of sp³-hybridized carbons (Fsp3) is 0.300. The van der Waals surface area contributed by atoms with Crippen LogP contribution in [-0.4, -0.2) is 53.0 Å². The fourth-order valence-electron chi connectivity index (χ4n) is 3.75. The fourth-order valence-corrected chi connectivity index (χ4v) is 4.75. The SMILES string of the molecule is CN1C(=O)C2C(CC(=O)Nc3nc(-c4ccc(F)c(C(F)(F)F)c4F)cs3)=C(Cl)OC2N(C)C1=O. The number of halogens is 6. The van der Waals surface area contributed by atoms with Crippen LogP contribution in [0.4, 0.5) is 31.9 Å². The first-order valence-corrected chi connectivity index (χ1v) is 11.0. The van der Waals surface area contributed by atoms with Crippen molar-refractivity contribution in [3.8, 4) is 11.3 Å². The Bertz CT molecular complexity index is 1280. The number of imide groups is 1. The number of thiazole rings is 1. The number of hydrogen-bond acceptors (Lipinski definition) is 6. The third kappa shape index (κ3) is 4.31. The molecule has 1 saturated heterocycles. The highest BCUT2D eigenvalue weighted by Crippen LogP contribution is 2.41. The summed E-state index contributed by atoms with van der Waals surface area (Å²) in [7, 11) is 2.68. The number of aromatic nitrogens is 1. The Kier molecular flexibility index (Phi) is 6.21. The minimum Gasteiger partial charge on any atom is -0.458 e. The highest BCUT2D eigenvalue weighted by Gasteiger charge is 2.51. The highest BCUT2D eigenvalue weighted by atomic mass is 35.5. The molecule has 1 aromatic heterocycles. The van der Waals surface area contributed by atoms with E-state index in [4.69, 9.17) is 16.3 Å². The van der Waals surface area contributed by atoms with Crippen LogP contribution in [0.1, 0.15) is 12.0 Å². The van der Waals surface area contributed by atoms with Crippen molar-refractivity contribution in [2.75, 3.05) is 19.4 Å². The number of carbonyl (C=O) groups is 3. The van der Waals surface area contributed by atoms with Gasteiger partial charge in [0.05, 0.1) is 12.1 Å². The van der Waals surface area contributed by atoms with Crippen molar-refractivity contribution < 1.29 is 41.1 Å². The predicted octanol–water partition coefficient (Wildman–Crippen LogP) is 4.38. The number of benzene rings is 1. The maximum absolute atomic E-state index is 14.4. The molecule has 8 nitrogen and oxygen atoms in total. The molecule has 2 aromatic rings. The lowest BCUT2D eigenvalue weighted by Gasteiger charge is -2.37. The first-order chi connectivity index (χ1) is 16.3. The van der Waals surface area contributed by atoms with Gasteiger partial charge >= 0.3 is 12.2 Å². The van der Waals surface area contributed by atoms with Crippen LogP contribution in [0.25, 0.3) is 11.3 Å². The average Bonchev–Trinajstić information content (AvgIpc) is 3.34. The van der Waals surface area contributed by atoms with E-state index < -0.39 is 65.3 Å². The van der Waals surface area contributed by atoms with Crippen LogP contribution in [0.3, 0.4) is 0 Å². The van der Waals surface area contributed by atoms with Gasteiger partial charge in [0.25, 0.3) is 0 Å². The molecule has 3 heterocycles. The van der Waals surface area contributed by atoms with E-state index in [0.717, 1.165) is 22.3 Å². The van der Waals surface area contributed by atoms with E-state index >= 15 is 0 Å². The molecule has 4 amide bonds. The Morgan fingerprint density at radius 1 is 1.26 bits per heavy atom. The molecule has 0 radical (unpaired) electrons. The number of urea groups is 1. The molecule has 2 aliphatic heterocycles. The summed E-state index contributed by atoms with van der Waals surface area (Å²) in [5.41, 5.74) is -2.77. The van der Waals surface area contributed by atoms with Crippen molar-refractivity contribution in [1.29, 1.82) is 0 Å². The van der Waals surface area contributed by atoms with Crippen LogP contribution in [0, 0.1) is 17.6 Å². The van der Waals surface area contributed by atoms with E-state index in [1.54, 1.807) is 0 Å². The second-order valence-corrected chi connectivity index (χ2v) is 8.82. The average molecular weight is 537 g/mol. The van der Waals surface area contributed by atoms with Crippen LogP contribution in [0.5, 0.6) is 0 Å². The summed E-state index contributed by atoms with van der Waals surface area (Å²) in [6.07, 6.45) is -6.69. The van der Waals surface area contributed by atoms with Gasteiger partial charge in [-0.2, -0.15) is 13.2 Å². The van der Waals surface area contributed by atoms with Gasteiger partial charge in [-0.1, -0.05) is 0 Å². The molecule has 35 heavy (non-hydrogen) atoms. The molecule has 0 spiro atoms. The summed E-state index contributed by atoms with van der Waals surface area (Å²) in [6, 6.07) is 0.678. The van der Waals surface area contributed by atoms with E-state index in [9.17, 15) is 36.3 Å². The van der Waals surface area contributed by atoms with Gasteiger partial charge < -0.3 is 10.1 Å². The van der Waals surface area contributed by atoms with Crippen molar-refractivity contribution in [3.63, 3.8) is 0 Å². The van der Waals surface area contributed by atoms with Crippen molar-refractivity contribution >= 4 is 45.9 Å². The zero-order valence-electron chi connectivity index (χ0n) is 17.7. The number of alkyl halides is 3. The van der Waals surface area contributed by atoms with Crippen LogP contribution < -0.4 is 5.32 Å². The first kappa shape index (κ1) is 24.9. The highest BCUT2D eigenvalue weighted by molar-refractivity contribution is 7.14. The van der Waals surface area contributed by atoms with Crippen molar-refractivity contribution in [2.24, 2.45) is 5.92 Å². The van der Waals surface area contributed by atoms with E-state index in [2.05, 4.69) is 10.3 Å². The Morgan fingerprint density at radius 3 is 2.60 bits per heavy atom. The Hall–Kier alpha value is -3.26. The molecule has 1 aromatic carbocycles. The summed E-state index contributed by atoms with van der Waals surface area (Å²) in [5.74, 6) is -5.92. The molecule has 2 atom stereocenters. The molecule has 0 aliphatic carbocycles. The largest absolute Gasteiger partial charge is 0.458 e. The molecule has 2 aliphatic rings. The quantitative estimate of drug-likeness (QED) is 0.586. The predicted molar refractivity (Wildman–Crippen MR) is 113 cm³/mol. The zero-order valence-corrected chi connectivity index (χ0v) is 19.3. The molecule has 2 unspecified atom stereocenters. The number of ether oxygens (including phenoxy) is 1. The minimum absolute atomic E-state index is 0.0890. The van der Waals surface area contributed by atoms with E-state index in [1.807, 2.05) is 0 Å². The number of carbonyl (C=O) groups excluding carboxylic acids is 3. The van der Waals surface area contributed by atoms with Gasteiger partial charge in [0.2, 0.25) is 11.8 Å². The third-order valence-electron chi connectivity index (χ3n) is 5.46. The van der Waals surface area contributed by atoms with E-state index in [0.29, 0.717) is 6.07 Å². The van der Waals surface area contributed by atoms with Crippen LogP contribution in [0.15, 0.2) is 28.3 Å². The Balaban J connectivity index is 1.52. The summed E-state index contributed by atoms with van der Waals surface area (Å²) < 4.78 is 72.3. The molecule has 1 N–H and O–H groups in total. The molecule has 186 valence electrons. The van der Waals surface area contributed by atoms with Crippen molar-refractivity contribution in [3.05, 3.63) is 45.5 Å². The smallest absolute Gasteiger partial charge is 0.422 e. The maximum atomic E-state index is 14.4. The normalized spacial score (nSPS) is 20.3. The van der Waals surface area contributed by atoms with Gasteiger partial charge in [0.15, 0.2) is 16.6 Å². The first-order valence-electron chi connectivity index (χ1n) is 9.71. The molecular formula is C20H14ClF5N4O4S. The van der Waals surface area contributed by atoms with Crippen molar-refractivity contribution in [2.45, 2.75) is 18.8 Å². The number of fused-ring (bicyclic) bond motifs is 1. The van der Waals surface area contributed by atoms with Gasteiger partial charge in [0.1, 0.15) is 23.1 Å². The maximum Gasteiger partial charge on any atom is 0.422 e.